The van der Waals surface area contributed by atoms with Crippen molar-refractivity contribution in [2.24, 2.45) is 0 Å². The average molecular weight is 286 g/mol. The molecule has 0 amide bonds. The van der Waals surface area contributed by atoms with Gasteiger partial charge in [-0.15, -0.1) is 0 Å². The summed E-state index contributed by atoms with van der Waals surface area (Å²) in [5, 5.41) is 11.1. The third-order valence-corrected chi connectivity index (χ3v) is 2.97. The van der Waals surface area contributed by atoms with Crippen LogP contribution in [0.1, 0.15) is 13.8 Å². The molecule has 0 saturated heterocycles. The Labute approximate surface area is 120 Å². The molecule has 0 aliphatic heterocycles. The molecule has 0 unspecified atom stereocenters. The summed E-state index contributed by atoms with van der Waals surface area (Å²) in [5.41, 5.74) is -0.473. The standard InChI is InChI=1S/C16H14O5/c1-16(2,18)6-8-20-15-10-3-4-14(17)21-13(10)9-12-11(15)5-7-19-12/h3-9,18H,1-2H3/b8-6+. The van der Waals surface area contributed by atoms with Gasteiger partial charge in [-0.25, -0.2) is 4.79 Å². The summed E-state index contributed by atoms with van der Waals surface area (Å²) in [7, 11) is 0. The van der Waals surface area contributed by atoms with Crippen LogP contribution in [-0.4, -0.2) is 10.7 Å². The summed E-state index contributed by atoms with van der Waals surface area (Å²) in [6.07, 6.45) is 4.47. The molecular weight excluding hydrogens is 272 g/mol. The van der Waals surface area contributed by atoms with E-state index >= 15 is 0 Å². The molecule has 0 bridgehead atoms. The summed E-state index contributed by atoms with van der Waals surface area (Å²) in [6, 6.07) is 6.40. The summed E-state index contributed by atoms with van der Waals surface area (Å²) < 4.78 is 16.1. The van der Waals surface area contributed by atoms with Gasteiger partial charge in [0.15, 0.2) is 0 Å². The topological polar surface area (TPSA) is 72.8 Å². The summed E-state index contributed by atoms with van der Waals surface area (Å²) >= 11 is 0. The fourth-order valence-corrected chi connectivity index (χ4v) is 2.01. The van der Waals surface area contributed by atoms with Gasteiger partial charge < -0.3 is 18.7 Å². The van der Waals surface area contributed by atoms with E-state index in [1.165, 1.54) is 24.7 Å². The highest BCUT2D eigenvalue weighted by atomic mass is 16.5. The van der Waals surface area contributed by atoms with E-state index in [0.717, 1.165) is 5.39 Å². The number of hydrogen-bond acceptors (Lipinski definition) is 5. The number of furan rings is 1. The van der Waals surface area contributed by atoms with Gasteiger partial charge in [-0.3, -0.25) is 0 Å². The van der Waals surface area contributed by atoms with Crippen molar-refractivity contribution in [1.29, 1.82) is 0 Å². The lowest BCUT2D eigenvalue weighted by atomic mass is 10.1. The van der Waals surface area contributed by atoms with Gasteiger partial charge in [0.05, 0.1) is 28.9 Å². The number of aliphatic hydroxyl groups is 1. The van der Waals surface area contributed by atoms with E-state index in [2.05, 4.69) is 0 Å². The van der Waals surface area contributed by atoms with Crippen LogP contribution in [-0.2, 0) is 0 Å². The van der Waals surface area contributed by atoms with Crippen LogP contribution in [0.2, 0.25) is 0 Å². The molecule has 3 aromatic rings. The van der Waals surface area contributed by atoms with Crippen LogP contribution >= 0.6 is 0 Å². The van der Waals surface area contributed by atoms with Crippen molar-refractivity contribution in [2.75, 3.05) is 0 Å². The molecule has 108 valence electrons. The third-order valence-electron chi connectivity index (χ3n) is 2.97. The smallest absolute Gasteiger partial charge is 0.336 e. The number of rotatable bonds is 3. The fraction of sp³-hybridized carbons (Fsp3) is 0.188. The molecule has 5 heteroatoms. The molecule has 3 rings (SSSR count). The van der Waals surface area contributed by atoms with Crippen LogP contribution in [0.3, 0.4) is 0 Å². The number of fused-ring (bicyclic) bond motifs is 2. The SMILES string of the molecule is CC(C)(O)/C=C/Oc1c2ccoc2cc2oc(=O)ccc12. The second-order valence-electron chi connectivity index (χ2n) is 5.28. The largest absolute Gasteiger partial charge is 0.464 e. The van der Waals surface area contributed by atoms with Crippen LogP contribution in [0.15, 0.2) is 56.5 Å². The lowest BCUT2D eigenvalue weighted by Crippen LogP contribution is -2.14. The Hall–Kier alpha value is -2.53. The molecule has 2 heterocycles. The van der Waals surface area contributed by atoms with E-state index in [0.29, 0.717) is 22.3 Å². The Morgan fingerprint density at radius 1 is 1.19 bits per heavy atom. The molecule has 0 aliphatic rings. The Kier molecular flexibility index (Phi) is 3.07. The maximum absolute atomic E-state index is 11.3. The molecule has 0 radical (unpaired) electrons. The maximum atomic E-state index is 11.3. The average Bonchev–Trinajstić information content (AvgIpc) is 2.84. The van der Waals surface area contributed by atoms with Crippen molar-refractivity contribution < 1.29 is 18.7 Å². The van der Waals surface area contributed by atoms with Gasteiger partial charge in [0.1, 0.15) is 16.9 Å². The van der Waals surface area contributed by atoms with Gasteiger partial charge >= 0.3 is 5.63 Å². The van der Waals surface area contributed by atoms with Crippen LogP contribution in [0.4, 0.5) is 0 Å². The van der Waals surface area contributed by atoms with Crippen molar-refractivity contribution in [1.82, 2.24) is 0 Å². The van der Waals surface area contributed by atoms with Gasteiger partial charge in [-0.1, -0.05) is 0 Å². The highest BCUT2D eigenvalue weighted by Gasteiger charge is 2.13. The molecule has 0 aliphatic carbocycles. The molecule has 1 aromatic carbocycles. The monoisotopic (exact) mass is 286 g/mol. The second-order valence-corrected chi connectivity index (χ2v) is 5.28. The molecular formula is C16H14O5. The molecule has 0 atom stereocenters. The van der Waals surface area contributed by atoms with Crippen molar-refractivity contribution in [3.8, 4) is 5.75 Å². The zero-order valence-electron chi connectivity index (χ0n) is 11.6. The third kappa shape index (κ3) is 2.68. The lowest BCUT2D eigenvalue weighted by Gasteiger charge is -2.11. The second kappa shape index (κ2) is 4.79. The van der Waals surface area contributed by atoms with Crippen molar-refractivity contribution in [3.05, 3.63) is 53.3 Å². The van der Waals surface area contributed by atoms with E-state index in [9.17, 15) is 9.90 Å². The fourth-order valence-electron chi connectivity index (χ4n) is 2.01. The van der Waals surface area contributed by atoms with E-state index in [-0.39, 0.29) is 0 Å². The van der Waals surface area contributed by atoms with Crippen molar-refractivity contribution >= 4 is 21.9 Å². The first-order valence-electron chi connectivity index (χ1n) is 6.45. The highest BCUT2D eigenvalue weighted by molar-refractivity contribution is 6.01. The van der Waals surface area contributed by atoms with E-state index in [1.54, 1.807) is 32.0 Å². The minimum Gasteiger partial charge on any atom is -0.464 e. The van der Waals surface area contributed by atoms with Gasteiger partial charge in [0.25, 0.3) is 0 Å². The van der Waals surface area contributed by atoms with Crippen LogP contribution in [0, 0.1) is 0 Å². The van der Waals surface area contributed by atoms with Crippen LogP contribution < -0.4 is 10.4 Å². The lowest BCUT2D eigenvalue weighted by molar-refractivity contribution is 0.131. The zero-order valence-corrected chi connectivity index (χ0v) is 11.6. The Morgan fingerprint density at radius 2 is 1.95 bits per heavy atom. The first kappa shape index (κ1) is 13.5. The zero-order chi connectivity index (χ0) is 15.0. The first-order chi connectivity index (χ1) is 9.94. The maximum Gasteiger partial charge on any atom is 0.336 e. The summed E-state index contributed by atoms with van der Waals surface area (Å²) in [4.78, 5) is 11.3. The van der Waals surface area contributed by atoms with Crippen molar-refractivity contribution in [2.45, 2.75) is 19.4 Å². The number of benzene rings is 1. The van der Waals surface area contributed by atoms with Crippen LogP contribution in [0.5, 0.6) is 5.75 Å². The summed E-state index contributed by atoms with van der Waals surface area (Å²) in [6.45, 7) is 3.28. The molecule has 0 saturated carbocycles. The molecule has 0 spiro atoms. The van der Waals surface area contributed by atoms with E-state index < -0.39 is 11.2 Å². The van der Waals surface area contributed by atoms with E-state index in [1.807, 2.05) is 0 Å². The predicted molar refractivity (Wildman–Crippen MR) is 78.3 cm³/mol. The van der Waals surface area contributed by atoms with Gasteiger partial charge in [-0.05, 0) is 32.1 Å². The van der Waals surface area contributed by atoms with Gasteiger partial charge in [-0.2, -0.15) is 0 Å². The minimum absolute atomic E-state index is 0.386. The van der Waals surface area contributed by atoms with Gasteiger partial charge in [0.2, 0.25) is 0 Å². The van der Waals surface area contributed by atoms with Crippen LogP contribution in [0.25, 0.3) is 21.9 Å². The Morgan fingerprint density at radius 3 is 2.71 bits per heavy atom. The quantitative estimate of drug-likeness (QED) is 0.591. The number of hydrogen-bond donors (Lipinski definition) is 1. The summed E-state index contributed by atoms with van der Waals surface area (Å²) in [5.74, 6) is 0.514. The minimum atomic E-state index is -0.980. The molecule has 1 N–H and O–H groups in total. The molecule has 5 nitrogen and oxygen atoms in total. The normalized spacial score (nSPS) is 12.5. The van der Waals surface area contributed by atoms with Gasteiger partial charge in [0, 0.05) is 12.1 Å². The predicted octanol–water partition coefficient (Wildman–Crippen LogP) is 3.20. The number of ether oxygens (including phenoxy) is 1. The van der Waals surface area contributed by atoms with E-state index in [4.69, 9.17) is 13.6 Å². The molecule has 0 fully saturated rings. The Balaban J connectivity index is 2.18. The Bertz CT molecular complexity index is 877. The molecule has 21 heavy (non-hydrogen) atoms. The first-order valence-corrected chi connectivity index (χ1v) is 6.45. The highest BCUT2D eigenvalue weighted by Crippen LogP contribution is 2.35. The molecule has 2 aromatic heterocycles. The van der Waals surface area contributed by atoms with Crippen molar-refractivity contribution in [3.63, 3.8) is 0 Å².